The van der Waals surface area contributed by atoms with Crippen molar-refractivity contribution in [2.24, 2.45) is 0 Å². The molecule has 2 N–H and O–H groups in total. The highest BCUT2D eigenvalue weighted by atomic mass is 16.5. The molecular weight excluding hydrogens is 308 g/mol. The lowest BCUT2D eigenvalue weighted by atomic mass is 10.1. The van der Waals surface area contributed by atoms with Crippen LogP contribution in [-0.2, 0) is 16.0 Å². The molecule has 1 amide bonds. The fourth-order valence-corrected chi connectivity index (χ4v) is 2.53. The number of carbonyl (C=O) groups is 2. The van der Waals surface area contributed by atoms with Crippen LogP contribution in [0, 0.1) is 6.92 Å². The van der Waals surface area contributed by atoms with Gasteiger partial charge in [-0.05, 0) is 31.0 Å². The predicted octanol–water partition coefficient (Wildman–Crippen LogP) is 2.59. The molecule has 2 heterocycles. The maximum Gasteiger partial charge on any atom is 0.342 e. The molecule has 0 atom stereocenters. The third-order valence-electron chi connectivity index (χ3n) is 3.80. The first-order valence-electron chi connectivity index (χ1n) is 7.68. The number of benzene rings is 1. The smallest absolute Gasteiger partial charge is 0.342 e. The van der Waals surface area contributed by atoms with Crippen molar-refractivity contribution >= 4 is 22.8 Å². The Kier molecular flexibility index (Phi) is 4.65. The van der Waals surface area contributed by atoms with Crippen molar-refractivity contribution in [2.45, 2.75) is 13.3 Å². The number of aromatic amines is 1. The van der Waals surface area contributed by atoms with Crippen LogP contribution in [0.4, 0.5) is 0 Å². The largest absolute Gasteiger partial charge is 0.469 e. The minimum absolute atomic E-state index is 0.308. The zero-order valence-electron chi connectivity index (χ0n) is 13.3. The van der Waals surface area contributed by atoms with Gasteiger partial charge in [-0.15, -0.1) is 0 Å². The van der Waals surface area contributed by atoms with Gasteiger partial charge in [-0.25, -0.2) is 4.79 Å². The maximum atomic E-state index is 11.8. The van der Waals surface area contributed by atoms with E-state index < -0.39 is 5.97 Å². The summed E-state index contributed by atoms with van der Waals surface area (Å²) in [6, 6.07) is 9.52. The first-order chi connectivity index (χ1) is 11.6. The van der Waals surface area contributed by atoms with E-state index in [-0.39, 0.29) is 12.5 Å². The molecule has 0 aliphatic heterocycles. The van der Waals surface area contributed by atoms with Crippen LogP contribution in [0.15, 0.2) is 47.2 Å². The van der Waals surface area contributed by atoms with Crippen molar-refractivity contribution in [2.75, 3.05) is 13.2 Å². The van der Waals surface area contributed by atoms with Gasteiger partial charge in [-0.3, -0.25) is 4.79 Å². The fraction of sp³-hybridized carbons (Fsp3) is 0.222. The number of ether oxygens (including phenoxy) is 1. The van der Waals surface area contributed by atoms with Gasteiger partial charge in [0.15, 0.2) is 6.61 Å². The number of rotatable bonds is 6. The van der Waals surface area contributed by atoms with E-state index in [1.54, 1.807) is 6.92 Å². The average molecular weight is 326 g/mol. The summed E-state index contributed by atoms with van der Waals surface area (Å²) in [7, 11) is 0. The van der Waals surface area contributed by atoms with Gasteiger partial charge in [0.25, 0.3) is 5.91 Å². The molecule has 0 fully saturated rings. The topological polar surface area (TPSA) is 84.3 Å². The average Bonchev–Trinajstić information content (AvgIpc) is 3.19. The van der Waals surface area contributed by atoms with E-state index in [1.807, 2.05) is 30.5 Å². The summed E-state index contributed by atoms with van der Waals surface area (Å²) in [4.78, 5) is 26.7. The second-order valence-electron chi connectivity index (χ2n) is 5.43. The number of carbonyl (C=O) groups excluding carboxylic acids is 2. The van der Waals surface area contributed by atoms with Crippen LogP contribution < -0.4 is 5.32 Å². The van der Waals surface area contributed by atoms with Crippen molar-refractivity contribution in [3.8, 4) is 0 Å². The number of nitrogens with one attached hydrogen (secondary N) is 2. The Morgan fingerprint density at radius 2 is 2.08 bits per heavy atom. The summed E-state index contributed by atoms with van der Waals surface area (Å²) in [6.07, 6.45) is 4.05. The number of hydrogen-bond acceptors (Lipinski definition) is 4. The third kappa shape index (κ3) is 3.48. The fourth-order valence-electron chi connectivity index (χ4n) is 2.53. The van der Waals surface area contributed by atoms with Crippen molar-refractivity contribution in [3.05, 3.63) is 59.7 Å². The number of aryl methyl sites for hydroxylation is 1. The SMILES string of the molecule is Cc1occc1C(=O)OCC(=O)NCCc1c[nH]c2ccccc12. The normalized spacial score (nSPS) is 10.7. The van der Waals surface area contributed by atoms with Gasteiger partial charge in [0.05, 0.1) is 6.26 Å². The van der Waals surface area contributed by atoms with Crippen LogP contribution in [0.2, 0.25) is 0 Å². The summed E-state index contributed by atoms with van der Waals surface area (Å²) in [5.41, 5.74) is 2.54. The molecule has 0 radical (unpaired) electrons. The standard InChI is InChI=1S/C18H18N2O4/c1-12-14(7-9-23-12)18(22)24-11-17(21)19-8-6-13-10-20-16-5-3-2-4-15(13)16/h2-5,7,9-10,20H,6,8,11H2,1H3,(H,19,21). The Balaban J connectivity index is 1.44. The van der Waals surface area contributed by atoms with E-state index in [0.29, 0.717) is 24.3 Å². The lowest BCUT2D eigenvalue weighted by Crippen LogP contribution is -2.30. The minimum atomic E-state index is -0.562. The van der Waals surface area contributed by atoms with Crippen LogP contribution in [-0.4, -0.2) is 30.0 Å². The molecule has 0 unspecified atom stereocenters. The summed E-state index contributed by atoms with van der Waals surface area (Å²) in [6.45, 7) is 1.83. The molecule has 0 saturated heterocycles. The lowest BCUT2D eigenvalue weighted by molar-refractivity contribution is -0.124. The Bertz CT molecular complexity index is 863. The van der Waals surface area contributed by atoms with Gasteiger partial charge >= 0.3 is 5.97 Å². The van der Waals surface area contributed by atoms with Crippen molar-refractivity contribution in [1.82, 2.24) is 10.3 Å². The highest BCUT2D eigenvalue weighted by molar-refractivity contribution is 5.92. The predicted molar refractivity (Wildman–Crippen MR) is 88.7 cm³/mol. The molecular formula is C18H18N2O4. The third-order valence-corrected chi connectivity index (χ3v) is 3.80. The Hall–Kier alpha value is -3.02. The molecule has 24 heavy (non-hydrogen) atoms. The lowest BCUT2D eigenvalue weighted by Gasteiger charge is -2.06. The molecule has 0 aliphatic carbocycles. The molecule has 0 bridgehead atoms. The number of furan rings is 1. The number of H-pyrrole nitrogens is 1. The number of amides is 1. The Morgan fingerprint density at radius 3 is 2.88 bits per heavy atom. The van der Waals surface area contributed by atoms with Gasteiger partial charge in [0.2, 0.25) is 0 Å². The number of fused-ring (bicyclic) bond motifs is 1. The van der Waals surface area contributed by atoms with Crippen molar-refractivity contribution < 1.29 is 18.7 Å². The monoisotopic (exact) mass is 326 g/mol. The molecule has 6 heteroatoms. The number of hydrogen-bond donors (Lipinski definition) is 2. The van der Waals surface area contributed by atoms with Gasteiger partial charge in [-0.1, -0.05) is 18.2 Å². The zero-order chi connectivity index (χ0) is 16.9. The molecule has 0 spiro atoms. The van der Waals surface area contributed by atoms with E-state index in [4.69, 9.17) is 9.15 Å². The van der Waals surface area contributed by atoms with Crippen LogP contribution >= 0.6 is 0 Å². The summed E-state index contributed by atoms with van der Waals surface area (Å²) >= 11 is 0. The zero-order valence-corrected chi connectivity index (χ0v) is 13.3. The molecule has 0 saturated carbocycles. The van der Waals surface area contributed by atoms with Gasteiger partial charge in [0.1, 0.15) is 11.3 Å². The number of aromatic nitrogens is 1. The van der Waals surface area contributed by atoms with Crippen molar-refractivity contribution in [3.63, 3.8) is 0 Å². The van der Waals surface area contributed by atoms with E-state index in [1.165, 1.54) is 12.3 Å². The number of para-hydroxylation sites is 1. The van der Waals surface area contributed by atoms with Crippen LogP contribution in [0.5, 0.6) is 0 Å². The molecule has 1 aromatic carbocycles. The van der Waals surface area contributed by atoms with Crippen LogP contribution in [0.1, 0.15) is 21.7 Å². The number of esters is 1. The maximum absolute atomic E-state index is 11.8. The van der Waals surface area contributed by atoms with Gasteiger partial charge < -0.3 is 19.5 Å². The van der Waals surface area contributed by atoms with Crippen molar-refractivity contribution in [1.29, 1.82) is 0 Å². The minimum Gasteiger partial charge on any atom is -0.469 e. The van der Waals surface area contributed by atoms with Gasteiger partial charge in [0, 0.05) is 23.6 Å². The van der Waals surface area contributed by atoms with E-state index >= 15 is 0 Å². The molecule has 124 valence electrons. The van der Waals surface area contributed by atoms with E-state index in [2.05, 4.69) is 10.3 Å². The first kappa shape index (κ1) is 15.9. The molecule has 0 aliphatic rings. The van der Waals surface area contributed by atoms with Crippen LogP contribution in [0.25, 0.3) is 10.9 Å². The highest BCUT2D eigenvalue weighted by Gasteiger charge is 2.14. The summed E-state index contributed by atoms with van der Waals surface area (Å²) < 4.78 is 10.00. The van der Waals surface area contributed by atoms with E-state index in [9.17, 15) is 9.59 Å². The summed E-state index contributed by atoms with van der Waals surface area (Å²) in [5.74, 6) is -0.419. The Morgan fingerprint density at radius 1 is 1.25 bits per heavy atom. The molecule has 3 aromatic rings. The Labute approximate surface area is 138 Å². The highest BCUT2D eigenvalue weighted by Crippen LogP contribution is 2.17. The summed E-state index contributed by atoms with van der Waals surface area (Å²) in [5, 5.41) is 3.89. The van der Waals surface area contributed by atoms with Crippen LogP contribution in [0.3, 0.4) is 0 Å². The van der Waals surface area contributed by atoms with E-state index in [0.717, 1.165) is 16.5 Å². The van der Waals surface area contributed by atoms with Gasteiger partial charge in [-0.2, -0.15) is 0 Å². The molecule has 6 nitrogen and oxygen atoms in total. The molecule has 3 rings (SSSR count). The molecule has 2 aromatic heterocycles. The quantitative estimate of drug-likeness (QED) is 0.682. The second kappa shape index (κ2) is 7.04. The first-order valence-corrected chi connectivity index (χ1v) is 7.68. The second-order valence-corrected chi connectivity index (χ2v) is 5.43.